The highest BCUT2D eigenvalue weighted by Crippen LogP contribution is 2.30. The van der Waals surface area contributed by atoms with Gasteiger partial charge in [-0.05, 0) is 23.8 Å². The summed E-state index contributed by atoms with van der Waals surface area (Å²) in [4.78, 5) is 15.3. The SMILES string of the molecule is FC(F)(F)c1ccc(-c2ncc3c(n2)CCN(Cc2cncc(Cl)c2)C3)cc1. The number of fused-ring (bicyclic) bond motifs is 1. The molecule has 3 heterocycles. The lowest BCUT2D eigenvalue weighted by Crippen LogP contribution is -2.31. The van der Waals surface area contributed by atoms with Crippen LogP contribution in [0.2, 0.25) is 5.02 Å². The van der Waals surface area contributed by atoms with Crippen molar-refractivity contribution in [2.24, 2.45) is 0 Å². The van der Waals surface area contributed by atoms with Gasteiger partial charge in [-0.2, -0.15) is 13.2 Å². The van der Waals surface area contributed by atoms with Crippen molar-refractivity contribution in [1.82, 2.24) is 19.9 Å². The third-order valence-electron chi connectivity index (χ3n) is 4.65. The van der Waals surface area contributed by atoms with Crippen molar-refractivity contribution in [2.45, 2.75) is 25.7 Å². The van der Waals surface area contributed by atoms with Crippen LogP contribution < -0.4 is 0 Å². The third-order valence-corrected chi connectivity index (χ3v) is 4.86. The maximum Gasteiger partial charge on any atom is 0.416 e. The highest BCUT2D eigenvalue weighted by atomic mass is 35.5. The second-order valence-electron chi connectivity index (χ2n) is 6.71. The van der Waals surface area contributed by atoms with Crippen LogP contribution in [0.3, 0.4) is 0 Å². The monoisotopic (exact) mass is 404 g/mol. The summed E-state index contributed by atoms with van der Waals surface area (Å²) in [7, 11) is 0. The topological polar surface area (TPSA) is 41.9 Å². The molecule has 0 N–H and O–H groups in total. The van der Waals surface area contributed by atoms with E-state index in [1.54, 1.807) is 18.6 Å². The van der Waals surface area contributed by atoms with Crippen LogP contribution in [0.4, 0.5) is 13.2 Å². The van der Waals surface area contributed by atoms with E-state index in [-0.39, 0.29) is 0 Å². The van der Waals surface area contributed by atoms with Crippen molar-refractivity contribution in [2.75, 3.05) is 6.54 Å². The van der Waals surface area contributed by atoms with Crippen LogP contribution in [0.5, 0.6) is 0 Å². The van der Waals surface area contributed by atoms with E-state index in [2.05, 4.69) is 19.9 Å². The maximum atomic E-state index is 12.7. The van der Waals surface area contributed by atoms with Gasteiger partial charge < -0.3 is 0 Å². The minimum atomic E-state index is -4.35. The molecular formula is C20H16ClF3N4. The summed E-state index contributed by atoms with van der Waals surface area (Å²) in [5, 5.41) is 0.611. The van der Waals surface area contributed by atoms with Crippen LogP contribution in [-0.2, 0) is 25.7 Å². The molecule has 3 aromatic rings. The Morgan fingerprint density at radius 3 is 2.57 bits per heavy atom. The largest absolute Gasteiger partial charge is 0.416 e. The first-order chi connectivity index (χ1) is 13.4. The molecule has 0 unspecified atom stereocenters. The van der Waals surface area contributed by atoms with Crippen LogP contribution in [0, 0.1) is 0 Å². The van der Waals surface area contributed by atoms with Gasteiger partial charge in [0.1, 0.15) is 0 Å². The Hall–Kier alpha value is -2.51. The van der Waals surface area contributed by atoms with Crippen LogP contribution in [0.1, 0.15) is 22.4 Å². The Morgan fingerprint density at radius 1 is 1.07 bits per heavy atom. The highest BCUT2D eigenvalue weighted by molar-refractivity contribution is 6.30. The number of halogens is 4. The van der Waals surface area contributed by atoms with Gasteiger partial charge >= 0.3 is 6.18 Å². The summed E-state index contributed by atoms with van der Waals surface area (Å²) in [6.07, 6.45) is 1.56. The molecule has 0 fully saturated rings. The summed E-state index contributed by atoms with van der Waals surface area (Å²) < 4.78 is 38.1. The molecule has 0 saturated heterocycles. The molecule has 1 aliphatic rings. The van der Waals surface area contributed by atoms with E-state index in [1.165, 1.54) is 12.1 Å². The standard InChI is InChI=1S/C20H16ClF3N4/c21-17-7-13(8-25-10-17)11-28-6-5-18-15(12-28)9-26-19(27-18)14-1-3-16(4-2-14)20(22,23)24/h1-4,7-10H,5-6,11-12H2. The molecule has 0 saturated carbocycles. The minimum absolute atomic E-state index is 0.444. The lowest BCUT2D eigenvalue weighted by Gasteiger charge is -2.28. The van der Waals surface area contributed by atoms with Gasteiger partial charge in [0.15, 0.2) is 5.82 Å². The van der Waals surface area contributed by atoms with Gasteiger partial charge in [0, 0.05) is 55.8 Å². The summed E-state index contributed by atoms with van der Waals surface area (Å²) in [5.41, 5.74) is 2.89. The molecule has 0 atom stereocenters. The fraction of sp³-hybridized carbons (Fsp3) is 0.250. The zero-order chi connectivity index (χ0) is 19.7. The molecule has 4 rings (SSSR count). The van der Waals surface area contributed by atoms with Crippen LogP contribution >= 0.6 is 11.6 Å². The van der Waals surface area contributed by atoms with Gasteiger partial charge in [-0.25, -0.2) is 9.97 Å². The number of hydrogen-bond donors (Lipinski definition) is 0. The second kappa shape index (κ2) is 7.48. The number of alkyl halides is 3. The fourth-order valence-electron chi connectivity index (χ4n) is 3.26. The van der Waals surface area contributed by atoms with Gasteiger partial charge in [0.2, 0.25) is 0 Å². The molecule has 1 aliphatic heterocycles. The fourth-order valence-corrected chi connectivity index (χ4v) is 3.45. The highest BCUT2D eigenvalue weighted by Gasteiger charge is 2.30. The summed E-state index contributed by atoms with van der Waals surface area (Å²) >= 11 is 5.99. The van der Waals surface area contributed by atoms with E-state index >= 15 is 0 Å². The van der Waals surface area contributed by atoms with Crippen LogP contribution in [-0.4, -0.2) is 26.4 Å². The molecule has 2 aromatic heterocycles. The van der Waals surface area contributed by atoms with Crippen molar-refractivity contribution < 1.29 is 13.2 Å². The van der Waals surface area contributed by atoms with Crippen LogP contribution in [0.15, 0.2) is 48.9 Å². The van der Waals surface area contributed by atoms with Crippen molar-refractivity contribution in [3.63, 3.8) is 0 Å². The first-order valence-electron chi connectivity index (χ1n) is 8.73. The van der Waals surface area contributed by atoms with E-state index in [9.17, 15) is 13.2 Å². The molecular weight excluding hydrogens is 389 g/mol. The van der Waals surface area contributed by atoms with Crippen molar-refractivity contribution in [3.8, 4) is 11.4 Å². The zero-order valence-corrected chi connectivity index (χ0v) is 15.5. The number of benzene rings is 1. The second-order valence-corrected chi connectivity index (χ2v) is 7.15. The number of aromatic nitrogens is 3. The van der Waals surface area contributed by atoms with E-state index in [0.717, 1.165) is 48.5 Å². The van der Waals surface area contributed by atoms with Gasteiger partial charge in [0.05, 0.1) is 16.3 Å². The van der Waals surface area contributed by atoms with Gasteiger partial charge in [-0.3, -0.25) is 9.88 Å². The Bertz CT molecular complexity index is 989. The first kappa shape index (κ1) is 18.8. The van der Waals surface area contributed by atoms with Crippen molar-refractivity contribution in [3.05, 3.63) is 76.3 Å². The number of nitrogens with zero attached hydrogens (tertiary/aromatic N) is 4. The third kappa shape index (κ3) is 4.15. The Morgan fingerprint density at radius 2 is 1.86 bits per heavy atom. The summed E-state index contributed by atoms with van der Waals surface area (Å²) in [6.45, 7) is 2.26. The summed E-state index contributed by atoms with van der Waals surface area (Å²) in [6, 6.07) is 6.82. The quantitative estimate of drug-likeness (QED) is 0.630. The van der Waals surface area contributed by atoms with E-state index in [0.29, 0.717) is 23.0 Å². The minimum Gasteiger partial charge on any atom is -0.294 e. The number of rotatable bonds is 3. The molecule has 144 valence electrons. The molecule has 0 spiro atoms. The predicted molar refractivity (Wildman–Crippen MR) is 99.5 cm³/mol. The van der Waals surface area contributed by atoms with Gasteiger partial charge in [-0.1, -0.05) is 23.7 Å². The Kier molecular flexibility index (Phi) is 5.03. The lowest BCUT2D eigenvalue weighted by atomic mass is 10.1. The molecule has 0 aliphatic carbocycles. The molecule has 0 radical (unpaired) electrons. The maximum absolute atomic E-state index is 12.7. The Balaban J connectivity index is 1.49. The van der Waals surface area contributed by atoms with Crippen LogP contribution in [0.25, 0.3) is 11.4 Å². The summed E-state index contributed by atoms with van der Waals surface area (Å²) in [5.74, 6) is 0.444. The number of hydrogen-bond acceptors (Lipinski definition) is 4. The van der Waals surface area contributed by atoms with E-state index < -0.39 is 11.7 Å². The average molecular weight is 405 g/mol. The van der Waals surface area contributed by atoms with E-state index in [4.69, 9.17) is 11.6 Å². The smallest absolute Gasteiger partial charge is 0.294 e. The normalized spacial score (nSPS) is 14.7. The first-order valence-corrected chi connectivity index (χ1v) is 9.10. The molecule has 0 bridgehead atoms. The molecule has 4 nitrogen and oxygen atoms in total. The average Bonchev–Trinajstić information content (AvgIpc) is 2.67. The van der Waals surface area contributed by atoms with Crippen molar-refractivity contribution in [1.29, 1.82) is 0 Å². The number of pyridine rings is 1. The Labute approximate surface area is 165 Å². The lowest BCUT2D eigenvalue weighted by molar-refractivity contribution is -0.137. The zero-order valence-electron chi connectivity index (χ0n) is 14.7. The van der Waals surface area contributed by atoms with Crippen molar-refractivity contribution >= 4 is 11.6 Å². The van der Waals surface area contributed by atoms with E-state index in [1.807, 2.05) is 6.07 Å². The molecule has 1 aromatic carbocycles. The van der Waals surface area contributed by atoms with Gasteiger partial charge in [0.25, 0.3) is 0 Å². The molecule has 28 heavy (non-hydrogen) atoms. The van der Waals surface area contributed by atoms with Gasteiger partial charge in [-0.15, -0.1) is 0 Å². The molecule has 0 amide bonds. The molecule has 8 heteroatoms. The predicted octanol–water partition coefficient (Wildman–Crippen LogP) is 4.77.